The van der Waals surface area contributed by atoms with Gasteiger partial charge in [-0.3, -0.25) is 15.3 Å². The zero-order chi connectivity index (χ0) is 39.1. The highest BCUT2D eigenvalue weighted by Gasteiger charge is 2.33. The smallest absolute Gasteiger partial charge is 0.429 e. The van der Waals surface area contributed by atoms with Crippen molar-refractivity contribution in [1.29, 1.82) is 5.26 Å². The Morgan fingerprint density at radius 1 is 0.981 bits per heavy atom. The third-order valence-electron chi connectivity index (χ3n) is 9.11. The summed E-state index contributed by atoms with van der Waals surface area (Å²) in [6, 6.07) is 4.60. The van der Waals surface area contributed by atoms with Crippen LogP contribution < -0.4 is 15.2 Å². The van der Waals surface area contributed by atoms with Gasteiger partial charge in [-0.05, 0) is 99.9 Å². The van der Waals surface area contributed by atoms with Crippen molar-refractivity contribution in [3.8, 4) is 17.3 Å². The molecule has 6 rings (SSSR count). The lowest BCUT2D eigenvalue weighted by Crippen LogP contribution is -2.49. The summed E-state index contributed by atoms with van der Waals surface area (Å²) in [5, 5.41) is 16.6. The monoisotopic (exact) mass is 763 g/mol. The van der Waals surface area contributed by atoms with Gasteiger partial charge in [0.15, 0.2) is 11.6 Å². The van der Waals surface area contributed by atoms with Crippen LogP contribution in [0.15, 0.2) is 18.3 Å². The number of amides is 2. The Balaban J connectivity index is 1.56. The quantitative estimate of drug-likeness (QED) is 0.216. The molecule has 2 aliphatic heterocycles. The number of thiophene rings is 1. The van der Waals surface area contributed by atoms with Gasteiger partial charge in [-0.15, -0.1) is 11.3 Å². The number of anilines is 3. The van der Waals surface area contributed by atoms with E-state index in [4.69, 9.17) is 19.4 Å². The second-order valence-electron chi connectivity index (χ2n) is 15.8. The molecule has 0 aliphatic carbocycles. The number of nitrogens with zero attached hydrogens (tertiary/aromatic N) is 8. The molecule has 0 spiro atoms. The van der Waals surface area contributed by atoms with Gasteiger partial charge in [0, 0.05) is 49.4 Å². The van der Waals surface area contributed by atoms with Crippen LogP contribution in [0.3, 0.4) is 0 Å². The molecule has 54 heavy (non-hydrogen) atoms. The molecule has 1 atom stereocenters. The van der Waals surface area contributed by atoms with E-state index in [9.17, 15) is 14.9 Å². The van der Waals surface area contributed by atoms with E-state index in [0.29, 0.717) is 31.4 Å². The summed E-state index contributed by atoms with van der Waals surface area (Å²) in [6.45, 7) is 15.6. The molecule has 3 aromatic heterocycles. The van der Waals surface area contributed by atoms with Crippen LogP contribution >= 0.6 is 11.3 Å². The van der Waals surface area contributed by atoms with Gasteiger partial charge in [0.2, 0.25) is 5.95 Å². The van der Waals surface area contributed by atoms with Crippen LogP contribution in [0.2, 0.25) is 0 Å². The second kappa shape index (κ2) is 15.1. The van der Waals surface area contributed by atoms with Crippen LogP contribution in [0.5, 0.6) is 0 Å². The Hall–Kier alpha value is -4.88. The number of fused-ring (bicyclic) bond motifs is 2. The number of aromatic nitrogens is 3. The van der Waals surface area contributed by atoms with Crippen molar-refractivity contribution < 1.29 is 27.8 Å². The summed E-state index contributed by atoms with van der Waals surface area (Å²) >= 11 is 0.849. The highest BCUT2D eigenvalue weighted by molar-refractivity contribution is 7.23. The molecule has 2 saturated heterocycles. The molecular formula is C38H47F2N9O4S. The molecular weight excluding hydrogens is 717 g/mol. The molecule has 0 saturated carbocycles. The van der Waals surface area contributed by atoms with E-state index in [0.717, 1.165) is 50.1 Å². The van der Waals surface area contributed by atoms with E-state index >= 15 is 8.78 Å². The molecule has 2 fully saturated rings. The first-order chi connectivity index (χ1) is 25.5. The maximum Gasteiger partial charge on any atom is 0.429 e. The summed E-state index contributed by atoms with van der Waals surface area (Å²) in [6.07, 6.45) is 3.29. The Morgan fingerprint density at radius 2 is 1.70 bits per heavy atom. The number of hydrazine groups is 1. The summed E-state index contributed by atoms with van der Waals surface area (Å²) in [7, 11) is 2.05. The zero-order valence-corrected chi connectivity index (χ0v) is 32.9. The van der Waals surface area contributed by atoms with Crippen LogP contribution in [0, 0.1) is 23.0 Å². The first kappa shape index (κ1) is 38.8. The van der Waals surface area contributed by atoms with Gasteiger partial charge in [-0.25, -0.2) is 28.4 Å². The maximum absolute atomic E-state index is 17.3. The highest BCUT2D eigenvalue weighted by Crippen LogP contribution is 2.44. The average Bonchev–Trinajstić information content (AvgIpc) is 3.18. The van der Waals surface area contributed by atoms with Crippen LogP contribution in [0.1, 0.15) is 79.7 Å². The van der Waals surface area contributed by atoms with Gasteiger partial charge >= 0.3 is 12.2 Å². The molecule has 0 unspecified atom stereocenters. The van der Waals surface area contributed by atoms with E-state index in [2.05, 4.69) is 40.1 Å². The van der Waals surface area contributed by atoms with Crippen LogP contribution in [-0.4, -0.2) is 94.1 Å². The lowest BCUT2D eigenvalue weighted by atomic mass is 10.0. The number of hydrogen-bond donors (Lipinski definition) is 1. The molecule has 1 N–H and O–H groups in total. The van der Waals surface area contributed by atoms with Crippen LogP contribution in [-0.2, 0) is 9.47 Å². The van der Waals surface area contributed by atoms with E-state index in [-0.39, 0.29) is 48.9 Å². The predicted octanol–water partition coefficient (Wildman–Crippen LogP) is 8.08. The minimum atomic E-state index is -0.819. The maximum atomic E-state index is 17.3. The van der Waals surface area contributed by atoms with Crippen molar-refractivity contribution in [2.75, 3.05) is 55.0 Å². The number of benzene rings is 1. The number of carbonyl (C=O) groups excluding carboxylic acids is 2. The summed E-state index contributed by atoms with van der Waals surface area (Å²) < 4.78 is 44.0. The zero-order valence-electron chi connectivity index (χ0n) is 32.0. The van der Waals surface area contributed by atoms with Crippen molar-refractivity contribution in [2.24, 2.45) is 0 Å². The molecule has 13 nitrogen and oxygen atoms in total. The molecule has 2 aliphatic rings. The van der Waals surface area contributed by atoms with E-state index < -0.39 is 35.0 Å². The van der Waals surface area contributed by atoms with E-state index in [1.165, 1.54) is 23.3 Å². The Morgan fingerprint density at radius 3 is 2.41 bits per heavy atom. The van der Waals surface area contributed by atoms with Crippen molar-refractivity contribution >= 4 is 61.3 Å². The standard InChI is InChI=1S/C38H47F2N9O4S/c1-22-21-46(8)15-12-16-47(22)34-43-30-25(32(44-34)48-17-10-9-11-18-49(48)36(51)53-38(5,6)7)20-42-29(28(30)40)23-13-14-26(39)31-27(23)24(19-41)33(54-31)45-35(50)52-37(2,3)4/h13-14,20,22H,9-12,15-18,21H2,1-8H3,(H,45,50)/t22-/m0/s1. The Kier molecular flexibility index (Phi) is 10.9. The van der Waals surface area contributed by atoms with Gasteiger partial charge in [0.05, 0.1) is 15.6 Å². The molecule has 0 bridgehead atoms. The first-order valence-corrected chi connectivity index (χ1v) is 19.0. The lowest BCUT2D eigenvalue weighted by molar-refractivity contribution is 0.0232. The minimum Gasteiger partial charge on any atom is -0.444 e. The minimum absolute atomic E-state index is 0.0186. The number of halogens is 2. The molecule has 2 amide bonds. The summed E-state index contributed by atoms with van der Waals surface area (Å²) in [5.41, 5.74) is -1.69. The molecule has 0 radical (unpaired) electrons. The van der Waals surface area contributed by atoms with Crippen molar-refractivity contribution in [3.05, 3.63) is 35.5 Å². The predicted molar refractivity (Wildman–Crippen MR) is 206 cm³/mol. The van der Waals surface area contributed by atoms with Crippen LogP contribution in [0.4, 0.5) is 35.1 Å². The number of ether oxygens (including phenoxy) is 2. The number of likely N-dealkylation sites (N-methyl/N-ethyl adjacent to an activating group) is 1. The SMILES string of the molecule is C[C@H]1CN(C)CCCN1c1nc(N2CCCCCN2C(=O)OC(C)(C)C)c2cnc(-c3ccc(F)c4sc(NC(=O)OC(C)(C)C)c(C#N)c34)c(F)c2n1. The average molecular weight is 764 g/mol. The molecule has 16 heteroatoms. The largest absolute Gasteiger partial charge is 0.444 e. The molecule has 4 aromatic rings. The van der Waals surface area contributed by atoms with E-state index in [1.54, 1.807) is 46.6 Å². The van der Waals surface area contributed by atoms with Gasteiger partial charge in [-0.1, -0.05) is 0 Å². The Labute approximate surface area is 317 Å². The second-order valence-corrected chi connectivity index (χ2v) is 16.8. The molecule has 5 heterocycles. The van der Waals surface area contributed by atoms with E-state index in [1.807, 2.05) is 0 Å². The first-order valence-electron chi connectivity index (χ1n) is 18.2. The van der Waals surface area contributed by atoms with Crippen molar-refractivity contribution in [1.82, 2.24) is 24.9 Å². The number of carbonyl (C=O) groups is 2. The summed E-state index contributed by atoms with van der Waals surface area (Å²) in [4.78, 5) is 45.1. The number of nitrogens with one attached hydrogen (secondary N) is 1. The topological polar surface area (TPSA) is 140 Å². The fourth-order valence-electron chi connectivity index (χ4n) is 6.84. The number of rotatable bonds is 4. The van der Waals surface area contributed by atoms with Gasteiger partial charge in [0.25, 0.3) is 0 Å². The number of pyridine rings is 1. The number of nitriles is 1. The molecule has 1 aromatic carbocycles. The fraction of sp³-hybridized carbons (Fsp3) is 0.526. The van der Waals surface area contributed by atoms with Crippen molar-refractivity contribution in [3.63, 3.8) is 0 Å². The van der Waals surface area contributed by atoms with Crippen molar-refractivity contribution in [2.45, 2.75) is 91.4 Å². The number of hydrogen-bond acceptors (Lipinski definition) is 12. The third kappa shape index (κ3) is 8.12. The van der Waals surface area contributed by atoms with Gasteiger partial charge in [0.1, 0.15) is 39.3 Å². The Bertz CT molecular complexity index is 2120. The van der Waals surface area contributed by atoms with Gasteiger partial charge < -0.3 is 19.3 Å². The third-order valence-corrected chi connectivity index (χ3v) is 10.2. The van der Waals surface area contributed by atoms with Gasteiger partial charge in [-0.2, -0.15) is 10.2 Å². The highest BCUT2D eigenvalue weighted by atomic mass is 32.1. The lowest BCUT2D eigenvalue weighted by Gasteiger charge is -2.36. The molecule has 288 valence electrons. The summed E-state index contributed by atoms with van der Waals surface area (Å²) in [5.74, 6) is -0.845. The van der Waals surface area contributed by atoms with Crippen LogP contribution in [0.25, 0.3) is 32.2 Å². The normalized spacial score (nSPS) is 17.6. The fourth-order valence-corrected chi connectivity index (χ4v) is 7.91.